The van der Waals surface area contributed by atoms with E-state index < -0.39 is 18.0 Å². The summed E-state index contributed by atoms with van der Waals surface area (Å²) < 4.78 is 11.9. The summed E-state index contributed by atoms with van der Waals surface area (Å²) in [4.78, 5) is 0. The van der Waals surface area contributed by atoms with Gasteiger partial charge in [0.15, 0.2) is 0 Å². The first-order chi connectivity index (χ1) is 27.8. The van der Waals surface area contributed by atoms with Crippen LogP contribution in [-0.2, 0) is 43.7 Å². The summed E-state index contributed by atoms with van der Waals surface area (Å²) in [7, 11) is 11.2. The second-order valence-corrected chi connectivity index (χ2v) is 38.4. The number of fused-ring (bicyclic) bond motifs is 2. The van der Waals surface area contributed by atoms with Gasteiger partial charge in [0, 0.05) is 0 Å². The zero-order valence-electron chi connectivity index (χ0n) is 35.8. The van der Waals surface area contributed by atoms with Gasteiger partial charge in [0.25, 0.3) is 0 Å². The van der Waals surface area contributed by atoms with Crippen molar-refractivity contribution in [3.63, 3.8) is 0 Å². The fraction of sp³-hybridized carbons (Fsp3) is 0.269. The molecule has 0 saturated carbocycles. The van der Waals surface area contributed by atoms with Crippen molar-refractivity contribution >= 4 is 44.0 Å². The van der Waals surface area contributed by atoms with Crippen LogP contribution in [0.3, 0.4) is 0 Å². The molecule has 6 heteroatoms. The van der Waals surface area contributed by atoms with E-state index in [9.17, 15) is 0 Å². The third kappa shape index (κ3) is 9.85. The maximum atomic E-state index is 5.97. The van der Waals surface area contributed by atoms with Gasteiger partial charge in [-0.1, -0.05) is 111 Å². The fourth-order valence-corrected chi connectivity index (χ4v) is 7.53. The molecular weight excluding hydrogens is 847 g/mol. The van der Waals surface area contributed by atoms with Gasteiger partial charge < -0.3 is 8.83 Å². The Kier molecular flexibility index (Phi) is 14.8. The van der Waals surface area contributed by atoms with Crippen LogP contribution in [0, 0.1) is 27.7 Å². The van der Waals surface area contributed by atoms with E-state index in [2.05, 4.69) is 164 Å². The molecule has 6 aromatic carbocycles. The molecule has 0 radical (unpaired) electrons. The Morgan fingerprint density at radius 1 is 0.534 bits per heavy atom. The normalized spacial score (nSPS) is 11.0. The fourth-order valence-electron chi connectivity index (χ4n) is 7.53. The SMILES string of the molecule is CCc1cccc(-c2c(CC)ccc3[cH-]c(-c4cc(C)c(C)o4)cc23)c1.CCc1cccc(-c2c(CC)ccc3[cH-]c(-c4cc(C)c(C)o4)cc23)c1.C[Si](C)=[Zr]([Cl])[Cl]. The first-order valence-corrected chi connectivity index (χ1v) is 33.1. The van der Waals surface area contributed by atoms with E-state index in [0.29, 0.717) is 0 Å². The van der Waals surface area contributed by atoms with Crippen LogP contribution in [0.4, 0.5) is 0 Å². The standard InChI is InChI=1S/2C25H25O.C2H6Si.2ClH.Zr/c2*1-5-18-8-7-9-21(13-18)25-19(6-2)10-11-20-14-22(15-23(20)25)24-12-16(3)17(4)26-24;1-3-2;;;/h2*7-15H,5-6H2,1-4H3;1-2H3;2*1H;/q2*-1;;;;+2/p-2. The van der Waals surface area contributed by atoms with E-state index in [-0.39, 0.29) is 5.43 Å². The average molecular weight is 903 g/mol. The summed E-state index contributed by atoms with van der Waals surface area (Å²) in [5.74, 6) is 3.91. The summed E-state index contributed by atoms with van der Waals surface area (Å²) in [5, 5.41) is 5.19. The number of benzene rings is 4. The van der Waals surface area contributed by atoms with E-state index in [4.69, 9.17) is 25.9 Å². The van der Waals surface area contributed by atoms with Gasteiger partial charge in [0.1, 0.15) is 0 Å². The van der Waals surface area contributed by atoms with Gasteiger partial charge in [-0.05, 0) is 110 Å². The molecule has 0 spiro atoms. The molecule has 0 aliphatic carbocycles. The number of rotatable bonds is 8. The predicted molar refractivity (Wildman–Crippen MR) is 251 cm³/mol. The van der Waals surface area contributed by atoms with Crippen molar-refractivity contribution in [3.05, 3.63) is 154 Å². The van der Waals surface area contributed by atoms with Gasteiger partial charge in [-0.25, -0.2) is 0 Å². The van der Waals surface area contributed by atoms with Crippen molar-refractivity contribution in [1.82, 2.24) is 0 Å². The Hall–Kier alpha value is -3.66. The van der Waals surface area contributed by atoms with E-state index in [1.165, 1.54) is 77.2 Å². The molecule has 8 aromatic rings. The van der Waals surface area contributed by atoms with Gasteiger partial charge >= 0.3 is 53.5 Å². The monoisotopic (exact) mass is 900 g/mol. The second-order valence-electron chi connectivity index (χ2n) is 15.5. The quantitative estimate of drug-likeness (QED) is 0.112. The van der Waals surface area contributed by atoms with Crippen molar-refractivity contribution in [1.29, 1.82) is 0 Å². The maximum absolute atomic E-state index is 5.97. The molecule has 0 N–H and O–H groups in total. The number of furan rings is 2. The van der Waals surface area contributed by atoms with Crippen LogP contribution >= 0.6 is 17.0 Å². The van der Waals surface area contributed by atoms with Crippen molar-refractivity contribution in [2.24, 2.45) is 0 Å². The van der Waals surface area contributed by atoms with Crippen LogP contribution in [-0.4, -0.2) is 5.43 Å². The molecule has 2 heterocycles. The van der Waals surface area contributed by atoms with Gasteiger partial charge in [0.2, 0.25) is 0 Å². The topological polar surface area (TPSA) is 26.3 Å². The first-order valence-electron chi connectivity index (χ1n) is 20.6. The van der Waals surface area contributed by atoms with Crippen LogP contribution in [0.5, 0.6) is 0 Å². The number of halogens is 2. The molecule has 58 heavy (non-hydrogen) atoms. The summed E-state index contributed by atoms with van der Waals surface area (Å²) in [6.45, 7) is 21.5. The van der Waals surface area contributed by atoms with Crippen molar-refractivity contribution in [3.8, 4) is 44.9 Å². The third-order valence-corrected chi connectivity index (χ3v) is 31.0. The minimum absolute atomic E-state index is 0.224. The number of aryl methyl sites for hydroxylation is 8. The summed E-state index contributed by atoms with van der Waals surface area (Å²) in [5.41, 5.74) is 15.4. The molecule has 2 aromatic heterocycles. The molecule has 0 saturated heterocycles. The van der Waals surface area contributed by atoms with Crippen LogP contribution in [0.25, 0.3) is 66.4 Å². The Morgan fingerprint density at radius 3 is 1.24 bits per heavy atom. The van der Waals surface area contributed by atoms with Gasteiger partial charge in [-0.3, -0.25) is 0 Å². The van der Waals surface area contributed by atoms with Crippen LogP contribution < -0.4 is 0 Å². The molecule has 0 fully saturated rings. The first kappa shape index (κ1) is 43.9. The molecule has 300 valence electrons. The Bertz CT molecular complexity index is 2480. The van der Waals surface area contributed by atoms with E-state index in [1.807, 2.05) is 13.8 Å². The second kappa shape index (κ2) is 19.6. The Labute approximate surface area is 361 Å². The number of hydrogen-bond donors (Lipinski definition) is 0. The molecule has 0 aliphatic heterocycles. The van der Waals surface area contributed by atoms with Gasteiger partial charge in [0.05, 0.1) is 23.0 Å². The zero-order valence-corrected chi connectivity index (χ0v) is 40.8. The third-order valence-electron chi connectivity index (χ3n) is 11.2. The average Bonchev–Trinajstić information content (AvgIpc) is 4.02. The van der Waals surface area contributed by atoms with Crippen molar-refractivity contribution < 1.29 is 26.8 Å². The Balaban J connectivity index is 0.000000172. The zero-order chi connectivity index (χ0) is 41.7. The predicted octanol–water partition coefficient (Wildman–Crippen LogP) is 16.6. The molecule has 0 atom stereocenters. The van der Waals surface area contributed by atoms with E-state index >= 15 is 0 Å². The van der Waals surface area contributed by atoms with Crippen LogP contribution in [0.1, 0.15) is 72.6 Å². The van der Waals surface area contributed by atoms with Crippen molar-refractivity contribution in [2.75, 3.05) is 0 Å². The Morgan fingerprint density at radius 2 is 0.931 bits per heavy atom. The minimum atomic E-state index is -1.65. The molecule has 8 rings (SSSR count). The van der Waals surface area contributed by atoms with Crippen LogP contribution in [0.15, 0.2) is 118 Å². The molecule has 2 nitrogen and oxygen atoms in total. The van der Waals surface area contributed by atoms with Gasteiger partial charge in [-0.2, -0.15) is 0 Å². The van der Waals surface area contributed by atoms with Crippen LogP contribution in [0.2, 0.25) is 13.1 Å². The van der Waals surface area contributed by atoms with Crippen molar-refractivity contribution in [2.45, 2.75) is 94.2 Å². The molecule has 0 unspecified atom stereocenters. The summed E-state index contributed by atoms with van der Waals surface area (Å²) in [6, 6.07) is 40.3. The molecule has 0 aliphatic rings. The number of hydrogen-bond acceptors (Lipinski definition) is 2. The molecule has 0 bridgehead atoms. The summed E-state index contributed by atoms with van der Waals surface area (Å²) in [6.07, 6.45) is 4.17. The molecule has 0 amide bonds. The van der Waals surface area contributed by atoms with Gasteiger partial charge in [-0.15, -0.1) is 57.9 Å². The summed E-state index contributed by atoms with van der Waals surface area (Å²) >= 11 is -1.65. The molecular formula is C52H56Cl2O2SiZr-2. The van der Waals surface area contributed by atoms with E-state index in [1.54, 1.807) is 0 Å². The van der Waals surface area contributed by atoms with E-state index in [0.717, 1.165) is 59.9 Å².